The van der Waals surface area contributed by atoms with Crippen molar-refractivity contribution in [2.75, 3.05) is 6.61 Å². The molecule has 26 heavy (non-hydrogen) atoms. The van der Waals surface area contributed by atoms with Crippen molar-refractivity contribution >= 4 is 0 Å². The molecule has 136 valence electrons. The number of aryl methyl sites for hydroxylation is 2. The van der Waals surface area contributed by atoms with Crippen LogP contribution in [0.5, 0.6) is 0 Å². The minimum atomic E-state index is 0.0777. The lowest BCUT2D eigenvalue weighted by Crippen LogP contribution is -2.31. The summed E-state index contributed by atoms with van der Waals surface area (Å²) in [5, 5.41) is 8.23. The molecule has 2 aromatic heterocycles. The van der Waals surface area contributed by atoms with Gasteiger partial charge in [-0.25, -0.2) is 4.98 Å². The predicted octanol–water partition coefficient (Wildman–Crippen LogP) is 2.84. The molecule has 0 saturated carbocycles. The van der Waals surface area contributed by atoms with Crippen LogP contribution in [0.1, 0.15) is 35.0 Å². The summed E-state index contributed by atoms with van der Waals surface area (Å²) in [5.74, 6) is 0. The normalized spacial score (nSPS) is 20.0. The second kappa shape index (κ2) is 7.05. The molecular formula is C20H25N5O. The molecule has 0 radical (unpaired) electrons. The maximum atomic E-state index is 6.06. The van der Waals surface area contributed by atoms with Gasteiger partial charge in [-0.2, -0.15) is 5.10 Å². The predicted molar refractivity (Wildman–Crippen MR) is 100 cm³/mol. The van der Waals surface area contributed by atoms with E-state index < -0.39 is 0 Å². The van der Waals surface area contributed by atoms with E-state index in [0.717, 1.165) is 31.0 Å². The third-order valence-corrected chi connectivity index (χ3v) is 5.25. The monoisotopic (exact) mass is 351 g/mol. The zero-order valence-electron chi connectivity index (χ0n) is 15.5. The molecule has 4 rings (SSSR count). The number of hydrogen-bond donors (Lipinski definition) is 1. The summed E-state index contributed by atoms with van der Waals surface area (Å²) < 4.78 is 10.0. The fraction of sp³-hybridized carbons (Fsp3) is 0.400. The molecule has 2 atom stereocenters. The van der Waals surface area contributed by atoms with Gasteiger partial charge in [-0.15, -0.1) is 0 Å². The topological polar surface area (TPSA) is 56.9 Å². The van der Waals surface area contributed by atoms with Crippen molar-refractivity contribution in [2.45, 2.75) is 39.0 Å². The van der Waals surface area contributed by atoms with E-state index in [1.807, 2.05) is 28.8 Å². The van der Waals surface area contributed by atoms with Crippen LogP contribution in [0.4, 0.5) is 0 Å². The highest BCUT2D eigenvalue weighted by Crippen LogP contribution is 2.33. The van der Waals surface area contributed by atoms with Crippen LogP contribution in [0.15, 0.2) is 43.0 Å². The number of hydrogen-bond acceptors (Lipinski definition) is 4. The first-order valence-electron chi connectivity index (χ1n) is 9.06. The minimum Gasteiger partial charge on any atom is -0.372 e. The Labute approximate surface area is 153 Å². The Bertz CT molecular complexity index is 867. The lowest BCUT2D eigenvalue weighted by atomic mass is 10.00. The summed E-state index contributed by atoms with van der Waals surface area (Å²) in [6.45, 7) is 5.79. The standard InChI is InChI=1S/C20H25N5O/c1-14-19(15(2)24(3)23-14)20-18(8-11-26-20)22-12-16-4-6-17(7-5-16)25-10-9-21-13-25/h4-7,9-10,13,18,20,22H,8,11-12H2,1-3H3/t18-,20-/m0/s1. The highest BCUT2D eigenvalue weighted by molar-refractivity contribution is 5.34. The van der Waals surface area contributed by atoms with E-state index in [1.165, 1.54) is 16.8 Å². The fourth-order valence-corrected chi connectivity index (χ4v) is 3.73. The van der Waals surface area contributed by atoms with Crippen LogP contribution in [0.25, 0.3) is 5.69 Å². The SMILES string of the molecule is Cc1nn(C)c(C)c1[C@H]1OCC[C@@H]1NCc1ccc(-n2ccnc2)cc1. The number of aromatic nitrogens is 4. The number of benzene rings is 1. The molecule has 1 fully saturated rings. The number of rotatable bonds is 5. The number of nitrogens with zero attached hydrogens (tertiary/aromatic N) is 4. The molecule has 0 aliphatic carbocycles. The molecule has 1 aliphatic rings. The van der Waals surface area contributed by atoms with E-state index >= 15 is 0 Å². The van der Waals surface area contributed by atoms with Crippen LogP contribution >= 0.6 is 0 Å². The number of nitrogens with one attached hydrogen (secondary N) is 1. The molecule has 1 aromatic carbocycles. The molecule has 3 aromatic rings. The van der Waals surface area contributed by atoms with E-state index in [0.29, 0.717) is 6.04 Å². The number of ether oxygens (including phenoxy) is 1. The van der Waals surface area contributed by atoms with Crippen molar-refractivity contribution in [3.63, 3.8) is 0 Å². The van der Waals surface area contributed by atoms with E-state index in [9.17, 15) is 0 Å². The third-order valence-electron chi connectivity index (χ3n) is 5.25. The van der Waals surface area contributed by atoms with Gasteiger partial charge in [0.2, 0.25) is 0 Å². The molecule has 1 saturated heterocycles. The van der Waals surface area contributed by atoms with Gasteiger partial charge >= 0.3 is 0 Å². The van der Waals surface area contributed by atoms with Gasteiger partial charge in [0.15, 0.2) is 0 Å². The summed E-state index contributed by atoms with van der Waals surface area (Å²) in [4.78, 5) is 4.09. The van der Waals surface area contributed by atoms with Gasteiger partial charge in [-0.3, -0.25) is 4.68 Å². The van der Waals surface area contributed by atoms with Gasteiger partial charge in [0.05, 0.1) is 12.0 Å². The first-order valence-corrected chi connectivity index (χ1v) is 9.06. The summed E-state index contributed by atoms with van der Waals surface area (Å²) >= 11 is 0. The van der Waals surface area contributed by atoms with Gasteiger partial charge in [0.1, 0.15) is 6.10 Å². The first-order chi connectivity index (χ1) is 12.6. The zero-order chi connectivity index (χ0) is 18.1. The molecule has 1 aliphatic heterocycles. The van der Waals surface area contributed by atoms with Gasteiger partial charge in [-0.05, 0) is 38.0 Å². The van der Waals surface area contributed by atoms with E-state index in [4.69, 9.17) is 4.74 Å². The second-order valence-corrected chi connectivity index (χ2v) is 6.91. The average Bonchev–Trinajstić information content (AvgIpc) is 3.36. The highest BCUT2D eigenvalue weighted by Gasteiger charge is 2.33. The minimum absolute atomic E-state index is 0.0777. The van der Waals surface area contributed by atoms with Crippen LogP contribution in [0.2, 0.25) is 0 Å². The summed E-state index contributed by atoms with van der Waals surface area (Å²) in [5.41, 5.74) is 5.87. The molecule has 6 nitrogen and oxygen atoms in total. The Morgan fingerprint density at radius 1 is 1.23 bits per heavy atom. The van der Waals surface area contributed by atoms with Crippen LogP contribution in [-0.4, -0.2) is 32.0 Å². The van der Waals surface area contributed by atoms with Gasteiger partial charge < -0.3 is 14.6 Å². The van der Waals surface area contributed by atoms with Gasteiger partial charge in [0.25, 0.3) is 0 Å². The third kappa shape index (κ3) is 3.18. The van der Waals surface area contributed by atoms with Gasteiger partial charge in [0, 0.05) is 55.6 Å². The molecule has 6 heteroatoms. The Kier molecular flexibility index (Phi) is 4.61. The molecule has 0 unspecified atom stereocenters. The van der Waals surface area contributed by atoms with Crippen molar-refractivity contribution in [2.24, 2.45) is 7.05 Å². The Balaban J connectivity index is 1.44. The molecule has 0 spiro atoms. The Hall–Kier alpha value is -2.44. The van der Waals surface area contributed by atoms with Crippen molar-refractivity contribution in [3.8, 4) is 5.69 Å². The zero-order valence-corrected chi connectivity index (χ0v) is 15.5. The Morgan fingerprint density at radius 2 is 2.04 bits per heavy atom. The second-order valence-electron chi connectivity index (χ2n) is 6.91. The van der Waals surface area contributed by atoms with Crippen molar-refractivity contribution in [1.29, 1.82) is 0 Å². The molecule has 0 bridgehead atoms. The maximum absolute atomic E-state index is 6.06. The largest absolute Gasteiger partial charge is 0.372 e. The smallest absolute Gasteiger partial charge is 0.101 e. The molecule has 3 heterocycles. The van der Waals surface area contributed by atoms with Crippen LogP contribution in [-0.2, 0) is 18.3 Å². The van der Waals surface area contributed by atoms with Crippen molar-refractivity contribution in [3.05, 3.63) is 65.5 Å². The van der Waals surface area contributed by atoms with Crippen molar-refractivity contribution < 1.29 is 4.74 Å². The molecule has 1 N–H and O–H groups in total. The van der Waals surface area contributed by atoms with Crippen LogP contribution < -0.4 is 5.32 Å². The summed E-state index contributed by atoms with van der Waals surface area (Å²) in [6.07, 6.45) is 6.65. The van der Waals surface area contributed by atoms with Crippen LogP contribution in [0.3, 0.4) is 0 Å². The quantitative estimate of drug-likeness (QED) is 0.768. The van der Waals surface area contributed by atoms with Crippen molar-refractivity contribution in [1.82, 2.24) is 24.6 Å². The van der Waals surface area contributed by atoms with E-state index in [1.54, 1.807) is 6.20 Å². The van der Waals surface area contributed by atoms with E-state index in [-0.39, 0.29) is 6.10 Å². The number of imidazole rings is 1. The lowest BCUT2D eigenvalue weighted by molar-refractivity contribution is 0.0974. The van der Waals surface area contributed by atoms with Gasteiger partial charge in [-0.1, -0.05) is 12.1 Å². The molecule has 0 amide bonds. The maximum Gasteiger partial charge on any atom is 0.101 e. The summed E-state index contributed by atoms with van der Waals surface area (Å²) in [6, 6.07) is 8.87. The molecular weight excluding hydrogens is 326 g/mol. The average molecular weight is 351 g/mol. The lowest BCUT2D eigenvalue weighted by Gasteiger charge is -2.21. The van der Waals surface area contributed by atoms with Crippen LogP contribution in [0, 0.1) is 13.8 Å². The first kappa shape index (κ1) is 17.0. The fourth-order valence-electron chi connectivity index (χ4n) is 3.73. The highest BCUT2D eigenvalue weighted by atomic mass is 16.5. The van der Waals surface area contributed by atoms with E-state index in [2.05, 4.69) is 53.5 Å². The Morgan fingerprint density at radius 3 is 2.69 bits per heavy atom. The summed E-state index contributed by atoms with van der Waals surface area (Å²) in [7, 11) is 1.99.